The van der Waals surface area contributed by atoms with Crippen molar-refractivity contribution in [2.45, 2.75) is 108 Å². The molecule has 0 aromatic heterocycles. The molecule has 0 spiro atoms. The molecule has 18 nitrogen and oxygen atoms in total. The van der Waals surface area contributed by atoms with Gasteiger partial charge in [-0.2, -0.15) is 11.8 Å². The van der Waals surface area contributed by atoms with E-state index >= 15 is 0 Å². The Morgan fingerprint density at radius 2 is 1.64 bits per heavy atom. The summed E-state index contributed by atoms with van der Waals surface area (Å²) in [5.74, 6) is -7.42. The monoisotopic (exact) mass is 846 g/mol. The summed E-state index contributed by atoms with van der Waals surface area (Å²) in [6.07, 6.45) is 1.62. The molecule has 2 bridgehead atoms. The van der Waals surface area contributed by atoms with Crippen molar-refractivity contribution in [3.8, 4) is 0 Å². The van der Waals surface area contributed by atoms with Crippen LogP contribution in [0.5, 0.6) is 0 Å². The van der Waals surface area contributed by atoms with Crippen molar-refractivity contribution in [1.82, 2.24) is 26.6 Å². The van der Waals surface area contributed by atoms with Crippen LogP contribution in [0.25, 0.3) is 0 Å². The molecule has 2 rings (SSSR count). The smallest absolute Gasteiger partial charge is 0.329 e. The number of nitrogens with one attached hydrogen (secondary N) is 5. The van der Waals surface area contributed by atoms with Crippen LogP contribution in [0.15, 0.2) is 12.2 Å². The Hall–Kier alpha value is -3.82. The van der Waals surface area contributed by atoms with E-state index in [9.17, 15) is 43.2 Å². The van der Waals surface area contributed by atoms with Crippen LogP contribution in [0.2, 0.25) is 0 Å². The fourth-order valence-electron chi connectivity index (χ4n) is 5.44. The summed E-state index contributed by atoms with van der Waals surface area (Å²) in [5, 5.41) is 30.5. The highest BCUT2D eigenvalue weighted by atomic mass is 33.1. The lowest BCUT2D eigenvalue weighted by atomic mass is 9.94. The van der Waals surface area contributed by atoms with E-state index in [4.69, 9.17) is 20.7 Å². The summed E-state index contributed by atoms with van der Waals surface area (Å²) in [6.45, 7) is 8.09. The second-order valence-electron chi connectivity index (χ2n) is 14.1. The Bertz CT molecular complexity index is 1480. The van der Waals surface area contributed by atoms with Crippen LogP contribution < -0.4 is 32.3 Å². The van der Waals surface area contributed by atoms with E-state index in [0.717, 1.165) is 0 Å². The number of nitrogens with two attached hydrogens (primary N) is 1. The summed E-state index contributed by atoms with van der Waals surface area (Å²) in [5.41, 5.74) is 5.44. The van der Waals surface area contributed by atoms with Crippen molar-refractivity contribution >= 4 is 86.6 Å². The van der Waals surface area contributed by atoms with E-state index in [-0.39, 0.29) is 54.1 Å². The van der Waals surface area contributed by atoms with Crippen LogP contribution in [-0.2, 0) is 47.9 Å². The van der Waals surface area contributed by atoms with Gasteiger partial charge in [-0.05, 0) is 30.8 Å². The zero-order valence-electron chi connectivity index (χ0n) is 32.1. The van der Waals surface area contributed by atoms with Crippen molar-refractivity contribution in [2.24, 2.45) is 23.5 Å². The number of amides is 5. The van der Waals surface area contributed by atoms with Crippen molar-refractivity contribution < 1.29 is 58.1 Å². The number of carbonyl (C=O) groups is 9. The zero-order chi connectivity index (χ0) is 42.1. The molecule has 21 heteroatoms. The second kappa shape index (κ2) is 24.1. The van der Waals surface area contributed by atoms with Gasteiger partial charge in [-0.25, -0.2) is 4.79 Å². The molecule has 0 radical (unpaired) electrons. The number of carboxylic acids is 2. The number of hydrogen-bond donors (Lipinski definition) is 8. The summed E-state index contributed by atoms with van der Waals surface area (Å²) in [6, 6.07) is -5.32. The molecule has 8 unspecified atom stereocenters. The third kappa shape index (κ3) is 16.7. The van der Waals surface area contributed by atoms with E-state index in [2.05, 4.69) is 26.6 Å². The lowest BCUT2D eigenvalue weighted by molar-refractivity contribution is -0.154. The lowest BCUT2D eigenvalue weighted by Gasteiger charge is -2.28. The van der Waals surface area contributed by atoms with Gasteiger partial charge in [-0.3, -0.25) is 38.4 Å². The van der Waals surface area contributed by atoms with Gasteiger partial charge in [0, 0.05) is 35.4 Å². The van der Waals surface area contributed by atoms with E-state index in [0.29, 0.717) is 12.2 Å². The van der Waals surface area contributed by atoms with Crippen LogP contribution in [-0.4, -0.2) is 129 Å². The molecule has 0 aromatic rings. The number of carbonyl (C=O) groups excluding carboxylic acids is 7. The molecule has 0 aliphatic carbocycles. The average molecular weight is 847 g/mol. The molecule has 8 atom stereocenters. The zero-order valence-corrected chi connectivity index (χ0v) is 34.5. The molecule has 9 N–H and O–H groups in total. The predicted molar refractivity (Wildman–Crippen MR) is 211 cm³/mol. The first-order valence-electron chi connectivity index (χ1n) is 18.2. The molecule has 56 heavy (non-hydrogen) atoms. The molecule has 5 amide bonds. The first-order chi connectivity index (χ1) is 26.3. The van der Waals surface area contributed by atoms with E-state index in [1.54, 1.807) is 33.8 Å². The molecule has 2 fully saturated rings. The lowest BCUT2D eigenvalue weighted by Crippen LogP contribution is -2.55. The van der Waals surface area contributed by atoms with Gasteiger partial charge in [0.25, 0.3) is 0 Å². The molecule has 2 aliphatic rings. The normalized spacial score (nSPS) is 25.1. The standard InChI is InChI=1S/C35H54N6O12S3/c1-17(2)29-33(49)39-23-15-54-19(5)21(13-25(23)42)31(47)41-30(18(3)4)35(52)53-20(12-27(44)40-29)8-6-7-11-55-56-16-24(32(48)37-14-28(45)46)38-26(43)10-9-22(36)34(50)51/h6,8,17-24,29-30H,7,9-16,36H2,1-5H3,(H,37,48)(H,38,43)(H,39,49)(H,40,44)(H,41,47)(H,45,46)(H,50,51)/b8-6-. The second-order valence-corrected chi connectivity index (χ2v) is 18.2. The molecule has 314 valence electrons. The van der Waals surface area contributed by atoms with Crippen LogP contribution in [0, 0.1) is 17.8 Å². The Kier molecular flexibility index (Phi) is 20.8. The first-order valence-corrected chi connectivity index (χ1v) is 21.8. The minimum absolute atomic E-state index is 0.0388. The van der Waals surface area contributed by atoms with Crippen LogP contribution in [0.4, 0.5) is 0 Å². The number of allylic oxidation sites excluding steroid dienone is 1. The molecule has 2 heterocycles. The summed E-state index contributed by atoms with van der Waals surface area (Å²) in [4.78, 5) is 114. The van der Waals surface area contributed by atoms with Gasteiger partial charge in [-0.15, -0.1) is 0 Å². The van der Waals surface area contributed by atoms with Crippen molar-refractivity contribution in [2.75, 3.05) is 23.8 Å². The van der Waals surface area contributed by atoms with E-state index < -0.39 is 102 Å². The summed E-state index contributed by atoms with van der Waals surface area (Å²) >= 11 is 1.37. The number of Topliss-reactive ketones (excluding diaryl/α,β-unsaturated/α-hetero) is 1. The molecular formula is C35H54N6O12S3. The summed E-state index contributed by atoms with van der Waals surface area (Å²) in [7, 11) is 2.53. The number of carboxylic acid groups (broad SMARTS) is 2. The number of ether oxygens (including phenoxy) is 1. The van der Waals surface area contributed by atoms with E-state index in [1.165, 1.54) is 39.4 Å². The largest absolute Gasteiger partial charge is 0.480 e. The number of thioether (sulfide) groups is 1. The number of rotatable bonds is 17. The Balaban J connectivity index is 2.16. The van der Waals surface area contributed by atoms with Crippen LogP contribution in [0.3, 0.4) is 0 Å². The van der Waals surface area contributed by atoms with Crippen LogP contribution in [0.1, 0.15) is 66.7 Å². The highest BCUT2D eigenvalue weighted by Crippen LogP contribution is 2.29. The quantitative estimate of drug-likeness (QED) is 0.0413. The van der Waals surface area contributed by atoms with Crippen molar-refractivity contribution in [3.05, 3.63) is 12.2 Å². The number of aliphatic carboxylic acids is 2. The maximum Gasteiger partial charge on any atom is 0.329 e. The Labute approximate surface area is 337 Å². The molecule has 2 saturated heterocycles. The molecule has 2 aliphatic heterocycles. The van der Waals surface area contributed by atoms with E-state index in [1.807, 2.05) is 6.92 Å². The maximum atomic E-state index is 13.5. The first kappa shape index (κ1) is 48.3. The molecular weight excluding hydrogens is 793 g/mol. The van der Waals surface area contributed by atoms with Gasteiger partial charge >= 0.3 is 17.9 Å². The highest BCUT2D eigenvalue weighted by molar-refractivity contribution is 8.76. The Morgan fingerprint density at radius 3 is 2.27 bits per heavy atom. The highest BCUT2D eigenvalue weighted by Gasteiger charge is 2.39. The van der Waals surface area contributed by atoms with Crippen molar-refractivity contribution in [1.29, 1.82) is 0 Å². The van der Waals surface area contributed by atoms with Gasteiger partial charge < -0.3 is 47.3 Å². The molecule has 0 saturated carbocycles. The predicted octanol–water partition coefficient (Wildman–Crippen LogP) is -0.0156. The number of ketones is 1. The fourth-order valence-corrected chi connectivity index (χ4v) is 8.81. The number of esters is 1. The number of hydrogen-bond acceptors (Lipinski definition) is 14. The van der Waals surface area contributed by atoms with Crippen molar-refractivity contribution in [3.63, 3.8) is 0 Å². The average Bonchev–Trinajstić information content (AvgIpc) is 3.25. The third-order valence-corrected chi connectivity index (χ3v) is 12.6. The van der Waals surface area contributed by atoms with Gasteiger partial charge in [0.05, 0.1) is 18.4 Å². The third-order valence-electron chi connectivity index (χ3n) is 8.80. The minimum Gasteiger partial charge on any atom is -0.480 e. The van der Waals surface area contributed by atoms with Gasteiger partial charge in [0.1, 0.15) is 36.8 Å². The Morgan fingerprint density at radius 1 is 0.964 bits per heavy atom. The fraction of sp³-hybridized carbons (Fsp3) is 0.686. The van der Waals surface area contributed by atoms with Crippen LogP contribution >= 0.6 is 33.3 Å². The minimum atomic E-state index is -1.28. The topological polar surface area (TPSA) is 289 Å². The maximum absolute atomic E-state index is 13.5. The summed E-state index contributed by atoms with van der Waals surface area (Å²) < 4.78 is 5.77. The van der Waals surface area contributed by atoms with Gasteiger partial charge in [-0.1, -0.05) is 62.3 Å². The molecule has 0 aromatic carbocycles. The number of fused-ring (bicyclic) bond motifs is 3. The van der Waals surface area contributed by atoms with Gasteiger partial charge in [0.15, 0.2) is 5.78 Å². The van der Waals surface area contributed by atoms with Gasteiger partial charge in [0.2, 0.25) is 29.5 Å². The SMILES string of the molecule is CC(C)C1NC(=O)CC(/C=C\CCSSCC(NC(=O)CCC(N)C(=O)O)C(=O)NCC(=O)O)OC(=O)C(C(C)C)NC(=O)C2CC(=O)C(CSC2C)NC1=O. The number of cyclic esters (lactones) is 1.